The summed E-state index contributed by atoms with van der Waals surface area (Å²) in [5.41, 5.74) is 8.34. The van der Waals surface area contributed by atoms with Crippen LogP contribution in [0.4, 0.5) is 5.69 Å². The maximum absolute atomic E-state index is 11.8. The summed E-state index contributed by atoms with van der Waals surface area (Å²) >= 11 is 0. The Labute approximate surface area is 134 Å². The van der Waals surface area contributed by atoms with Gasteiger partial charge in [-0.05, 0) is 29.3 Å². The van der Waals surface area contributed by atoms with Crippen LogP contribution in [0.2, 0.25) is 0 Å². The third-order valence-electron chi connectivity index (χ3n) is 3.56. The Balaban J connectivity index is 1.79. The summed E-state index contributed by atoms with van der Waals surface area (Å²) in [5, 5.41) is 7.41. The highest BCUT2D eigenvalue weighted by molar-refractivity contribution is 5.84. The zero-order valence-electron chi connectivity index (χ0n) is 12.6. The van der Waals surface area contributed by atoms with E-state index in [1.165, 1.54) is 0 Å². The fraction of sp³-hybridized carbons (Fsp3) is 0.111. The molecule has 116 valence electrons. The minimum atomic E-state index is -0.559. The predicted molar refractivity (Wildman–Crippen MR) is 89.8 cm³/mol. The highest BCUT2D eigenvalue weighted by atomic mass is 16.1. The van der Waals surface area contributed by atoms with Crippen LogP contribution < -0.4 is 11.1 Å². The summed E-state index contributed by atoms with van der Waals surface area (Å²) in [6, 6.07) is 18.7. The first-order chi connectivity index (χ1) is 11.2. The smallest absolute Gasteiger partial charge is 0.244 e. The average molecular weight is 306 g/mol. The monoisotopic (exact) mass is 306 g/mol. The number of nitrogens with two attached hydrogens (primary N) is 1. The highest BCUT2D eigenvalue weighted by Crippen LogP contribution is 2.20. The van der Waals surface area contributed by atoms with Crippen molar-refractivity contribution in [2.75, 3.05) is 5.32 Å². The number of rotatable bonds is 6. The van der Waals surface area contributed by atoms with Gasteiger partial charge in [0.05, 0.1) is 6.54 Å². The molecule has 1 aromatic heterocycles. The fourth-order valence-corrected chi connectivity index (χ4v) is 2.47. The molecule has 0 bridgehead atoms. The third kappa shape index (κ3) is 3.77. The number of primary amides is 1. The molecule has 3 aromatic rings. The maximum Gasteiger partial charge on any atom is 0.244 e. The van der Waals surface area contributed by atoms with Gasteiger partial charge in [0.25, 0.3) is 0 Å². The number of nitrogens with one attached hydrogen (secondary N) is 1. The number of hydrogen-bond donors (Lipinski definition) is 2. The van der Waals surface area contributed by atoms with E-state index in [0.29, 0.717) is 6.54 Å². The number of carbonyl (C=O) groups excluding carboxylic acids is 1. The van der Waals surface area contributed by atoms with E-state index < -0.39 is 11.9 Å². The number of nitrogens with zero attached hydrogens (tertiary/aromatic N) is 2. The van der Waals surface area contributed by atoms with Crippen molar-refractivity contribution in [2.24, 2.45) is 5.73 Å². The molecule has 0 radical (unpaired) electrons. The van der Waals surface area contributed by atoms with Crippen LogP contribution >= 0.6 is 0 Å². The predicted octanol–water partition coefficient (Wildman–Crippen LogP) is 2.57. The van der Waals surface area contributed by atoms with Crippen LogP contribution in [0.25, 0.3) is 0 Å². The van der Waals surface area contributed by atoms with Gasteiger partial charge >= 0.3 is 0 Å². The van der Waals surface area contributed by atoms with Crippen molar-refractivity contribution in [3.8, 4) is 0 Å². The van der Waals surface area contributed by atoms with Crippen molar-refractivity contribution >= 4 is 11.6 Å². The van der Waals surface area contributed by atoms with Gasteiger partial charge in [-0.25, -0.2) is 0 Å². The second-order valence-electron chi connectivity index (χ2n) is 5.29. The minimum Gasteiger partial charge on any atom is -0.370 e. The van der Waals surface area contributed by atoms with Crippen molar-refractivity contribution < 1.29 is 4.79 Å². The summed E-state index contributed by atoms with van der Waals surface area (Å²) in [5.74, 6) is -0.409. The van der Waals surface area contributed by atoms with Crippen LogP contribution in [0.1, 0.15) is 17.2 Å². The molecule has 0 unspecified atom stereocenters. The molecule has 0 fully saturated rings. The van der Waals surface area contributed by atoms with Crippen LogP contribution in [-0.2, 0) is 11.3 Å². The molecule has 5 heteroatoms. The molecular formula is C18H18N4O. The van der Waals surface area contributed by atoms with E-state index >= 15 is 0 Å². The molecule has 0 spiro atoms. The lowest BCUT2D eigenvalue weighted by atomic mass is 10.1. The van der Waals surface area contributed by atoms with Crippen LogP contribution in [0.15, 0.2) is 73.1 Å². The van der Waals surface area contributed by atoms with Crippen molar-refractivity contribution in [3.63, 3.8) is 0 Å². The molecule has 0 aliphatic rings. The average Bonchev–Trinajstić information content (AvgIpc) is 3.06. The number of carbonyl (C=O) groups is 1. The summed E-state index contributed by atoms with van der Waals surface area (Å²) in [7, 11) is 0. The van der Waals surface area contributed by atoms with Gasteiger partial charge in [0.2, 0.25) is 5.91 Å². The molecule has 3 N–H and O–H groups in total. The van der Waals surface area contributed by atoms with Gasteiger partial charge in [0, 0.05) is 18.1 Å². The van der Waals surface area contributed by atoms with Gasteiger partial charge in [0.1, 0.15) is 6.04 Å². The molecule has 1 heterocycles. The van der Waals surface area contributed by atoms with Crippen LogP contribution in [0.3, 0.4) is 0 Å². The van der Waals surface area contributed by atoms with Crippen molar-refractivity contribution in [3.05, 3.63) is 84.2 Å². The fourth-order valence-electron chi connectivity index (χ4n) is 2.47. The molecule has 1 amide bonds. The molecule has 0 aliphatic carbocycles. The Bertz CT molecular complexity index is 769. The third-order valence-corrected chi connectivity index (χ3v) is 3.56. The first-order valence-electron chi connectivity index (χ1n) is 7.39. The van der Waals surface area contributed by atoms with Gasteiger partial charge in [-0.15, -0.1) is 0 Å². The van der Waals surface area contributed by atoms with E-state index in [1.54, 1.807) is 6.20 Å². The van der Waals surface area contributed by atoms with Gasteiger partial charge in [-0.1, -0.05) is 42.5 Å². The van der Waals surface area contributed by atoms with Crippen molar-refractivity contribution in [2.45, 2.75) is 12.6 Å². The molecule has 5 nitrogen and oxygen atoms in total. The summed E-state index contributed by atoms with van der Waals surface area (Å²) in [6.07, 6.45) is 3.66. The van der Waals surface area contributed by atoms with Gasteiger partial charge in [-0.2, -0.15) is 5.10 Å². The Morgan fingerprint density at radius 3 is 2.65 bits per heavy atom. The maximum atomic E-state index is 11.8. The molecule has 0 saturated heterocycles. The molecule has 23 heavy (non-hydrogen) atoms. The van der Waals surface area contributed by atoms with E-state index in [0.717, 1.165) is 16.8 Å². The van der Waals surface area contributed by atoms with Crippen LogP contribution in [-0.4, -0.2) is 15.7 Å². The zero-order chi connectivity index (χ0) is 16.1. The quantitative estimate of drug-likeness (QED) is 0.735. The lowest BCUT2D eigenvalue weighted by Gasteiger charge is -2.17. The SMILES string of the molecule is NC(=O)[C@@H](Nc1cccc(Cn2cccn2)c1)c1ccccc1. The van der Waals surface area contributed by atoms with Crippen LogP contribution in [0, 0.1) is 0 Å². The second kappa shape index (κ2) is 6.79. The lowest BCUT2D eigenvalue weighted by molar-refractivity contribution is -0.118. The molecule has 0 aliphatic heterocycles. The number of aromatic nitrogens is 2. The van der Waals surface area contributed by atoms with E-state index in [4.69, 9.17) is 5.73 Å². The van der Waals surface area contributed by atoms with E-state index in [-0.39, 0.29) is 0 Å². The first-order valence-corrected chi connectivity index (χ1v) is 7.39. The Morgan fingerprint density at radius 2 is 1.96 bits per heavy atom. The van der Waals surface area contributed by atoms with Crippen LogP contribution in [0.5, 0.6) is 0 Å². The zero-order valence-corrected chi connectivity index (χ0v) is 12.6. The lowest BCUT2D eigenvalue weighted by Crippen LogP contribution is -2.27. The topological polar surface area (TPSA) is 72.9 Å². The van der Waals surface area contributed by atoms with Crippen molar-refractivity contribution in [1.29, 1.82) is 0 Å². The molecule has 0 saturated carbocycles. The Morgan fingerprint density at radius 1 is 1.13 bits per heavy atom. The van der Waals surface area contributed by atoms with Crippen molar-refractivity contribution in [1.82, 2.24) is 9.78 Å². The van der Waals surface area contributed by atoms with Gasteiger partial charge in [-0.3, -0.25) is 9.48 Å². The minimum absolute atomic E-state index is 0.409. The van der Waals surface area contributed by atoms with E-state index in [2.05, 4.69) is 10.4 Å². The standard InChI is InChI=1S/C18H18N4O/c19-18(23)17(15-7-2-1-3-8-15)21-16-9-4-6-14(12-16)13-22-11-5-10-20-22/h1-12,17,21H,13H2,(H2,19,23)/t17-/m0/s1. The number of hydrogen-bond acceptors (Lipinski definition) is 3. The molecule has 3 rings (SSSR count). The summed E-state index contributed by atoms with van der Waals surface area (Å²) < 4.78 is 1.85. The van der Waals surface area contributed by atoms with E-state index in [9.17, 15) is 4.79 Å². The number of anilines is 1. The number of amides is 1. The van der Waals surface area contributed by atoms with Gasteiger partial charge in [0.15, 0.2) is 0 Å². The largest absolute Gasteiger partial charge is 0.370 e. The molecule has 1 atom stereocenters. The summed E-state index contributed by atoms with van der Waals surface area (Å²) in [6.45, 7) is 0.676. The Hall–Kier alpha value is -3.08. The molecular weight excluding hydrogens is 288 g/mol. The van der Waals surface area contributed by atoms with Gasteiger partial charge < -0.3 is 11.1 Å². The molecule has 2 aromatic carbocycles. The van der Waals surface area contributed by atoms with E-state index in [1.807, 2.05) is 71.5 Å². The first kappa shape index (κ1) is 14.8. The number of benzene rings is 2. The summed E-state index contributed by atoms with van der Waals surface area (Å²) in [4.78, 5) is 11.8. The normalized spacial score (nSPS) is 11.8. The highest BCUT2D eigenvalue weighted by Gasteiger charge is 2.17. The second-order valence-corrected chi connectivity index (χ2v) is 5.29. The Kier molecular flexibility index (Phi) is 4.38.